The first kappa shape index (κ1) is 19.8. The summed E-state index contributed by atoms with van der Waals surface area (Å²) in [6.45, 7) is 2.63. The zero-order chi connectivity index (χ0) is 21.4. The van der Waals surface area contributed by atoms with Crippen molar-refractivity contribution in [2.24, 2.45) is 5.10 Å². The molecule has 3 aromatic rings. The number of halogens is 1. The van der Waals surface area contributed by atoms with E-state index in [0.717, 1.165) is 46.1 Å². The standard InChI is InChI=1S/C25H23ClN2O3/c1-3-30-20-11-4-16(5-12-20)22-15-23-21-14-18(26)8-13-24(21)31-25(28(23)27-22)17-6-9-19(29-2)10-7-17/h4-14,23,25H,3,15H2,1-2H3/t23-,25+/m0/s1. The van der Waals surface area contributed by atoms with Crippen molar-refractivity contribution in [2.45, 2.75) is 25.6 Å². The molecular weight excluding hydrogens is 412 g/mol. The molecule has 3 aromatic carbocycles. The molecule has 0 fully saturated rings. The first-order valence-corrected chi connectivity index (χ1v) is 10.7. The van der Waals surface area contributed by atoms with E-state index >= 15 is 0 Å². The lowest BCUT2D eigenvalue weighted by Gasteiger charge is -2.38. The van der Waals surface area contributed by atoms with Crippen LogP contribution in [0.2, 0.25) is 5.02 Å². The average Bonchev–Trinajstić information content (AvgIpc) is 3.25. The van der Waals surface area contributed by atoms with Crippen molar-refractivity contribution in [1.82, 2.24) is 5.01 Å². The molecule has 158 valence electrons. The van der Waals surface area contributed by atoms with Crippen LogP contribution in [-0.4, -0.2) is 24.4 Å². The van der Waals surface area contributed by atoms with Crippen LogP contribution in [0, 0.1) is 0 Å². The third kappa shape index (κ3) is 3.70. The van der Waals surface area contributed by atoms with Gasteiger partial charge in [-0.05, 0) is 79.2 Å². The van der Waals surface area contributed by atoms with Crippen molar-refractivity contribution in [3.8, 4) is 17.2 Å². The summed E-state index contributed by atoms with van der Waals surface area (Å²) in [7, 11) is 1.66. The van der Waals surface area contributed by atoms with Gasteiger partial charge in [-0.3, -0.25) is 0 Å². The molecule has 2 atom stereocenters. The van der Waals surface area contributed by atoms with Crippen LogP contribution in [0.5, 0.6) is 17.2 Å². The minimum Gasteiger partial charge on any atom is -0.497 e. The fourth-order valence-electron chi connectivity index (χ4n) is 4.13. The summed E-state index contributed by atoms with van der Waals surface area (Å²) in [6, 6.07) is 21.9. The van der Waals surface area contributed by atoms with E-state index < -0.39 is 0 Å². The van der Waals surface area contributed by atoms with Crippen LogP contribution in [0.15, 0.2) is 71.8 Å². The van der Waals surface area contributed by atoms with Gasteiger partial charge in [0.25, 0.3) is 0 Å². The maximum Gasteiger partial charge on any atom is 0.213 e. The van der Waals surface area contributed by atoms with Gasteiger partial charge in [0, 0.05) is 22.6 Å². The van der Waals surface area contributed by atoms with E-state index in [2.05, 4.69) is 12.1 Å². The molecule has 0 saturated heterocycles. The minimum atomic E-state index is -0.329. The predicted molar refractivity (Wildman–Crippen MR) is 121 cm³/mol. The summed E-state index contributed by atoms with van der Waals surface area (Å²) in [5.41, 5.74) is 4.17. The Labute approximate surface area is 186 Å². The van der Waals surface area contributed by atoms with Crippen LogP contribution in [-0.2, 0) is 0 Å². The van der Waals surface area contributed by atoms with Crippen molar-refractivity contribution in [1.29, 1.82) is 0 Å². The molecule has 2 heterocycles. The molecule has 0 amide bonds. The third-order valence-electron chi connectivity index (χ3n) is 5.65. The maximum absolute atomic E-state index is 6.40. The molecule has 31 heavy (non-hydrogen) atoms. The summed E-state index contributed by atoms with van der Waals surface area (Å²) in [5, 5.41) is 7.74. The van der Waals surface area contributed by atoms with E-state index in [1.807, 2.05) is 66.5 Å². The van der Waals surface area contributed by atoms with E-state index in [0.29, 0.717) is 11.6 Å². The number of methoxy groups -OCH3 is 1. The zero-order valence-corrected chi connectivity index (χ0v) is 18.2. The normalized spacial score (nSPS) is 19.2. The van der Waals surface area contributed by atoms with E-state index in [1.54, 1.807) is 7.11 Å². The summed E-state index contributed by atoms with van der Waals surface area (Å²) in [5.74, 6) is 2.51. The van der Waals surface area contributed by atoms with Gasteiger partial charge in [0.15, 0.2) is 0 Å². The van der Waals surface area contributed by atoms with Gasteiger partial charge in [-0.25, -0.2) is 5.01 Å². The Morgan fingerprint density at radius 3 is 2.48 bits per heavy atom. The number of hydrogen-bond donors (Lipinski definition) is 0. The first-order chi connectivity index (χ1) is 15.2. The smallest absolute Gasteiger partial charge is 0.213 e. The molecule has 0 saturated carbocycles. The number of fused-ring (bicyclic) bond motifs is 3. The monoisotopic (exact) mass is 434 g/mol. The molecule has 5 nitrogen and oxygen atoms in total. The lowest BCUT2D eigenvalue weighted by atomic mass is 9.96. The van der Waals surface area contributed by atoms with Crippen molar-refractivity contribution in [3.63, 3.8) is 0 Å². The number of benzene rings is 3. The summed E-state index contributed by atoms with van der Waals surface area (Å²) >= 11 is 6.32. The van der Waals surface area contributed by atoms with Crippen LogP contribution < -0.4 is 14.2 Å². The fraction of sp³-hybridized carbons (Fsp3) is 0.240. The second-order valence-corrected chi connectivity index (χ2v) is 7.97. The van der Waals surface area contributed by atoms with Gasteiger partial charge in [0.05, 0.1) is 25.5 Å². The highest BCUT2D eigenvalue weighted by atomic mass is 35.5. The highest BCUT2D eigenvalue weighted by Crippen LogP contribution is 2.48. The van der Waals surface area contributed by atoms with Gasteiger partial charge < -0.3 is 14.2 Å². The highest BCUT2D eigenvalue weighted by Gasteiger charge is 2.41. The molecule has 2 aliphatic rings. The summed E-state index contributed by atoms with van der Waals surface area (Å²) < 4.78 is 17.3. The van der Waals surface area contributed by atoms with Crippen molar-refractivity contribution >= 4 is 17.3 Å². The number of nitrogens with zero attached hydrogens (tertiary/aromatic N) is 2. The fourth-order valence-corrected chi connectivity index (χ4v) is 4.31. The maximum atomic E-state index is 6.40. The van der Waals surface area contributed by atoms with Crippen LogP contribution in [0.4, 0.5) is 0 Å². The quantitative estimate of drug-likeness (QED) is 0.494. The highest BCUT2D eigenvalue weighted by molar-refractivity contribution is 6.30. The van der Waals surface area contributed by atoms with Gasteiger partial charge in [0.2, 0.25) is 6.23 Å². The van der Waals surface area contributed by atoms with Gasteiger partial charge in [-0.2, -0.15) is 5.10 Å². The Hall–Kier alpha value is -3.18. The molecule has 0 aromatic heterocycles. The number of ether oxygens (including phenoxy) is 3. The SMILES string of the molecule is CCOc1ccc(C2=NN3[C@@H](c4ccc(OC)cc4)Oc4ccc(Cl)cc4[C@@H]3C2)cc1. The van der Waals surface area contributed by atoms with Gasteiger partial charge >= 0.3 is 0 Å². The number of hydrazone groups is 1. The van der Waals surface area contributed by atoms with Crippen LogP contribution >= 0.6 is 11.6 Å². The molecule has 0 bridgehead atoms. The van der Waals surface area contributed by atoms with E-state index in [1.165, 1.54) is 0 Å². The van der Waals surface area contributed by atoms with Crippen molar-refractivity contribution in [2.75, 3.05) is 13.7 Å². The molecule has 0 aliphatic carbocycles. The second-order valence-electron chi connectivity index (χ2n) is 7.53. The Balaban J connectivity index is 1.53. The molecule has 0 spiro atoms. The van der Waals surface area contributed by atoms with Gasteiger partial charge in [-0.1, -0.05) is 11.6 Å². The lowest BCUT2D eigenvalue weighted by Crippen LogP contribution is -2.33. The molecule has 5 rings (SSSR count). The zero-order valence-electron chi connectivity index (χ0n) is 17.4. The first-order valence-electron chi connectivity index (χ1n) is 10.4. The Morgan fingerprint density at radius 1 is 1.03 bits per heavy atom. The van der Waals surface area contributed by atoms with Crippen LogP contribution in [0.25, 0.3) is 0 Å². The number of rotatable bonds is 5. The van der Waals surface area contributed by atoms with E-state index in [4.69, 9.17) is 30.9 Å². The second kappa shape index (κ2) is 8.16. The lowest BCUT2D eigenvalue weighted by molar-refractivity contribution is -0.0190. The third-order valence-corrected chi connectivity index (χ3v) is 5.89. The summed E-state index contributed by atoms with van der Waals surface area (Å²) in [4.78, 5) is 0. The molecule has 0 N–H and O–H groups in total. The Kier molecular flexibility index (Phi) is 5.20. The largest absolute Gasteiger partial charge is 0.497 e. The Bertz CT molecular complexity index is 1110. The van der Waals surface area contributed by atoms with Gasteiger partial charge in [-0.15, -0.1) is 0 Å². The average molecular weight is 435 g/mol. The number of hydrogen-bond acceptors (Lipinski definition) is 5. The minimum absolute atomic E-state index is 0.0520. The molecule has 0 radical (unpaired) electrons. The van der Waals surface area contributed by atoms with Crippen LogP contribution in [0.1, 0.15) is 42.3 Å². The molecule has 2 aliphatic heterocycles. The summed E-state index contributed by atoms with van der Waals surface area (Å²) in [6.07, 6.45) is 0.446. The topological polar surface area (TPSA) is 43.3 Å². The Morgan fingerprint density at radius 2 is 1.77 bits per heavy atom. The van der Waals surface area contributed by atoms with E-state index in [-0.39, 0.29) is 12.3 Å². The molecule has 0 unspecified atom stereocenters. The van der Waals surface area contributed by atoms with Gasteiger partial charge in [0.1, 0.15) is 17.2 Å². The molecule has 6 heteroatoms. The molecular formula is C25H23ClN2O3. The van der Waals surface area contributed by atoms with Crippen molar-refractivity contribution < 1.29 is 14.2 Å². The van der Waals surface area contributed by atoms with Crippen molar-refractivity contribution in [3.05, 3.63) is 88.4 Å². The van der Waals surface area contributed by atoms with E-state index in [9.17, 15) is 0 Å². The predicted octanol–water partition coefficient (Wildman–Crippen LogP) is 5.99. The van der Waals surface area contributed by atoms with Crippen LogP contribution in [0.3, 0.4) is 0 Å².